The predicted octanol–water partition coefficient (Wildman–Crippen LogP) is 5.98. The molecule has 2 heterocycles. The summed E-state index contributed by atoms with van der Waals surface area (Å²) < 4.78 is 5.35. The smallest absolute Gasteiger partial charge is 0.256 e. The van der Waals surface area contributed by atoms with Gasteiger partial charge in [0.1, 0.15) is 10.8 Å². The van der Waals surface area contributed by atoms with Crippen LogP contribution in [0, 0.1) is 18.3 Å². The molecule has 0 bridgehead atoms. The first-order valence-corrected chi connectivity index (χ1v) is 11.9. The van der Waals surface area contributed by atoms with E-state index in [0.29, 0.717) is 34.4 Å². The highest BCUT2D eigenvalue weighted by Gasteiger charge is 2.34. The van der Waals surface area contributed by atoms with Gasteiger partial charge in [-0.05, 0) is 67.3 Å². The molecule has 4 rings (SSSR count). The van der Waals surface area contributed by atoms with Crippen molar-refractivity contribution in [1.82, 2.24) is 5.32 Å². The number of aryl methyl sites for hydroxylation is 1. The van der Waals surface area contributed by atoms with Gasteiger partial charge in [0.25, 0.3) is 11.8 Å². The molecule has 2 amide bonds. The molecule has 0 saturated carbocycles. The molecule has 0 fully saturated rings. The van der Waals surface area contributed by atoms with Crippen LogP contribution >= 0.6 is 11.3 Å². The fraction of sp³-hybridized carbons (Fsp3) is 0.385. The van der Waals surface area contributed by atoms with Crippen molar-refractivity contribution in [2.24, 2.45) is 11.3 Å². The lowest BCUT2D eigenvalue weighted by molar-refractivity contribution is 0.0947. The van der Waals surface area contributed by atoms with Gasteiger partial charge in [-0.15, -0.1) is 11.3 Å². The lowest BCUT2D eigenvalue weighted by Gasteiger charge is -2.33. The third-order valence-electron chi connectivity index (χ3n) is 6.26. The Balaban J connectivity index is 1.63. The Morgan fingerprint density at radius 1 is 1.12 bits per heavy atom. The topological polar surface area (TPSA) is 71.3 Å². The minimum Gasteiger partial charge on any atom is -0.467 e. The maximum Gasteiger partial charge on any atom is 0.256 e. The maximum atomic E-state index is 13.2. The van der Waals surface area contributed by atoms with Crippen LogP contribution in [-0.4, -0.2) is 11.8 Å². The van der Waals surface area contributed by atoms with Crippen molar-refractivity contribution < 1.29 is 14.0 Å². The number of nitrogens with one attached hydrogen (secondary N) is 2. The van der Waals surface area contributed by atoms with Gasteiger partial charge < -0.3 is 15.1 Å². The van der Waals surface area contributed by atoms with E-state index in [1.165, 1.54) is 4.88 Å². The number of fused-ring (bicyclic) bond motifs is 1. The van der Waals surface area contributed by atoms with Crippen molar-refractivity contribution in [2.45, 2.75) is 53.5 Å². The zero-order valence-electron chi connectivity index (χ0n) is 19.1. The molecule has 1 aromatic carbocycles. The molecular formula is C26H30N2O3S. The van der Waals surface area contributed by atoms with E-state index in [-0.39, 0.29) is 17.2 Å². The molecule has 3 aromatic rings. The minimum atomic E-state index is -0.198. The Morgan fingerprint density at radius 2 is 1.88 bits per heavy atom. The Kier molecular flexibility index (Phi) is 6.24. The minimum absolute atomic E-state index is 0.174. The highest BCUT2D eigenvalue weighted by atomic mass is 32.1. The quantitative estimate of drug-likeness (QED) is 0.502. The first-order chi connectivity index (χ1) is 15.2. The van der Waals surface area contributed by atoms with Crippen molar-refractivity contribution in [3.8, 4) is 0 Å². The first-order valence-electron chi connectivity index (χ1n) is 11.1. The number of carbonyl (C=O) groups excluding carboxylic acids is 2. The number of rotatable bonds is 5. The molecule has 5 nitrogen and oxygen atoms in total. The van der Waals surface area contributed by atoms with Crippen molar-refractivity contribution in [3.63, 3.8) is 0 Å². The normalized spacial score (nSPS) is 15.8. The lowest BCUT2D eigenvalue weighted by atomic mass is 9.72. The van der Waals surface area contributed by atoms with Crippen LogP contribution in [0.4, 0.5) is 5.00 Å². The molecule has 168 valence electrons. The van der Waals surface area contributed by atoms with Crippen LogP contribution in [0.3, 0.4) is 0 Å². The second-order valence-electron chi connectivity index (χ2n) is 9.60. The number of anilines is 1. The fourth-order valence-electron chi connectivity index (χ4n) is 4.20. The monoisotopic (exact) mass is 450 g/mol. The van der Waals surface area contributed by atoms with Gasteiger partial charge in [0.2, 0.25) is 0 Å². The zero-order valence-corrected chi connectivity index (χ0v) is 19.9. The van der Waals surface area contributed by atoms with E-state index in [1.807, 2.05) is 37.3 Å². The van der Waals surface area contributed by atoms with Gasteiger partial charge in [0.15, 0.2) is 0 Å². The third-order valence-corrected chi connectivity index (χ3v) is 7.43. The Hall–Kier alpha value is -2.86. The van der Waals surface area contributed by atoms with Crippen molar-refractivity contribution >= 4 is 28.2 Å². The van der Waals surface area contributed by atoms with E-state index in [1.54, 1.807) is 23.7 Å². The summed E-state index contributed by atoms with van der Waals surface area (Å²) in [4.78, 5) is 27.4. The van der Waals surface area contributed by atoms with Gasteiger partial charge in [0.05, 0.1) is 18.4 Å². The van der Waals surface area contributed by atoms with Crippen LogP contribution in [0.15, 0.2) is 47.1 Å². The van der Waals surface area contributed by atoms with Crippen LogP contribution < -0.4 is 10.6 Å². The van der Waals surface area contributed by atoms with Crippen molar-refractivity contribution in [3.05, 3.63) is 75.6 Å². The van der Waals surface area contributed by atoms with E-state index in [2.05, 4.69) is 31.4 Å². The maximum absolute atomic E-state index is 13.2. The predicted molar refractivity (Wildman–Crippen MR) is 128 cm³/mol. The Morgan fingerprint density at radius 3 is 2.53 bits per heavy atom. The van der Waals surface area contributed by atoms with Crippen molar-refractivity contribution in [2.75, 3.05) is 5.32 Å². The Labute approximate surface area is 193 Å². The van der Waals surface area contributed by atoms with Crippen LogP contribution in [0.2, 0.25) is 0 Å². The number of benzene rings is 1. The average Bonchev–Trinajstić information content (AvgIpc) is 3.38. The van der Waals surface area contributed by atoms with E-state index >= 15 is 0 Å². The van der Waals surface area contributed by atoms with E-state index in [9.17, 15) is 9.59 Å². The number of hydrogen-bond acceptors (Lipinski definition) is 4. The first kappa shape index (κ1) is 22.3. The molecular weight excluding hydrogens is 420 g/mol. The standard InChI is InChI=1S/C26H30N2O3S/c1-16-7-9-17(10-8-16)23(29)28-25-22(24(30)27-15-19-6-5-13-31-19)20-12-11-18(26(2,3)4)14-21(20)32-25/h5-10,13,18H,11-12,14-15H2,1-4H3,(H,27,30)(H,28,29)/t18-/m1/s1. The van der Waals surface area contributed by atoms with E-state index < -0.39 is 0 Å². The summed E-state index contributed by atoms with van der Waals surface area (Å²) in [7, 11) is 0. The molecule has 0 unspecified atom stereocenters. The van der Waals surface area contributed by atoms with Crippen LogP contribution in [0.1, 0.15) is 69.7 Å². The number of hydrogen-bond donors (Lipinski definition) is 2. The van der Waals surface area contributed by atoms with Gasteiger partial charge in [0, 0.05) is 10.4 Å². The lowest BCUT2D eigenvalue weighted by Crippen LogP contribution is -2.28. The second kappa shape index (κ2) is 8.94. The number of carbonyl (C=O) groups is 2. The molecule has 1 atom stereocenters. The van der Waals surface area contributed by atoms with Crippen molar-refractivity contribution in [1.29, 1.82) is 0 Å². The molecule has 1 aliphatic carbocycles. The highest BCUT2D eigenvalue weighted by Crippen LogP contribution is 2.44. The molecule has 0 radical (unpaired) electrons. The van der Waals surface area contributed by atoms with Crippen LogP contribution in [0.25, 0.3) is 0 Å². The van der Waals surface area contributed by atoms with Gasteiger partial charge in [-0.1, -0.05) is 38.5 Å². The van der Waals surface area contributed by atoms with Crippen LogP contribution in [0.5, 0.6) is 0 Å². The summed E-state index contributed by atoms with van der Waals surface area (Å²) in [6.07, 6.45) is 4.41. The van der Waals surface area contributed by atoms with E-state index in [4.69, 9.17) is 4.42 Å². The molecule has 0 saturated heterocycles. The summed E-state index contributed by atoms with van der Waals surface area (Å²) >= 11 is 1.54. The summed E-state index contributed by atoms with van der Waals surface area (Å²) in [5.41, 5.74) is 3.56. The SMILES string of the molecule is Cc1ccc(C(=O)Nc2sc3c(c2C(=O)NCc2ccco2)CC[C@@H](C(C)(C)C)C3)cc1. The van der Waals surface area contributed by atoms with Gasteiger partial charge in [-0.25, -0.2) is 0 Å². The molecule has 6 heteroatoms. The Bertz CT molecular complexity index is 1110. The summed E-state index contributed by atoms with van der Waals surface area (Å²) in [6, 6.07) is 11.1. The molecule has 2 aromatic heterocycles. The summed E-state index contributed by atoms with van der Waals surface area (Å²) in [5, 5.41) is 6.62. The average molecular weight is 451 g/mol. The van der Waals surface area contributed by atoms with Gasteiger partial charge in [-0.3, -0.25) is 9.59 Å². The van der Waals surface area contributed by atoms with Crippen LogP contribution in [-0.2, 0) is 19.4 Å². The van der Waals surface area contributed by atoms with E-state index in [0.717, 1.165) is 30.4 Å². The number of thiophene rings is 1. The summed E-state index contributed by atoms with van der Waals surface area (Å²) in [5.74, 6) is 0.872. The number of furan rings is 1. The zero-order chi connectivity index (χ0) is 22.9. The molecule has 0 spiro atoms. The highest BCUT2D eigenvalue weighted by molar-refractivity contribution is 7.17. The third kappa shape index (κ3) is 4.80. The molecule has 0 aliphatic heterocycles. The van der Waals surface area contributed by atoms with Gasteiger partial charge in [-0.2, -0.15) is 0 Å². The largest absolute Gasteiger partial charge is 0.467 e. The fourth-order valence-corrected chi connectivity index (χ4v) is 5.52. The second-order valence-corrected chi connectivity index (χ2v) is 10.7. The molecule has 2 N–H and O–H groups in total. The number of amides is 2. The van der Waals surface area contributed by atoms with Gasteiger partial charge >= 0.3 is 0 Å². The summed E-state index contributed by atoms with van der Waals surface area (Å²) in [6.45, 7) is 9.11. The molecule has 1 aliphatic rings. The molecule has 32 heavy (non-hydrogen) atoms.